The van der Waals surface area contributed by atoms with Gasteiger partial charge in [0.1, 0.15) is 0 Å². The van der Waals surface area contributed by atoms with E-state index in [2.05, 4.69) is 160 Å². The van der Waals surface area contributed by atoms with Crippen LogP contribution in [-0.2, 0) is 6.42 Å². The van der Waals surface area contributed by atoms with Crippen molar-refractivity contribution in [2.24, 2.45) is 0 Å². The Bertz CT molecular complexity index is 2450. The normalized spacial score (nSPS) is 12.7. The molecule has 0 fully saturated rings. The highest BCUT2D eigenvalue weighted by atomic mass is 14.3. The van der Waals surface area contributed by atoms with E-state index in [0.29, 0.717) is 0 Å². The van der Waals surface area contributed by atoms with Gasteiger partial charge in [-0.3, -0.25) is 0 Å². The average molecular weight is 601 g/mol. The summed E-state index contributed by atoms with van der Waals surface area (Å²) < 4.78 is 0. The van der Waals surface area contributed by atoms with Gasteiger partial charge in [-0.1, -0.05) is 127 Å². The fraction of sp³-hybridized carbons (Fsp3) is 0.106. The molecule has 1 aliphatic rings. The lowest BCUT2D eigenvalue weighted by atomic mass is 9.77. The molecule has 9 rings (SSSR count). The van der Waals surface area contributed by atoms with E-state index in [0.717, 1.165) is 12.8 Å². The Hall–Kier alpha value is -5.46. The summed E-state index contributed by atoms with van der Waals surface area (Å²) in [5, 5.41) is 10.4. The molecule has 0 saturated carbocycles. The second-order valence-corrected chi connectivity index (χ2v) is 13.2. The highest BCUT2D eigenvalue weighted by Crippen LogP contribution is 2.49. The van der Waals surface area contributed by atoms with E-state index in [-0.39, 0.29) is 0 Å². The Morgan fingerprint density at radius 3 is 1.38 bits per heavy atom. The summed E-state index contributed by atoms with van der Waals surface area (Å²) in [6.45, 7) is 7.09. The van der Waals surface area contributed by atoms with E-state index >= 15 is 0 Å². The minimum Gasteiger partial charge on any atom is -0.0836 e. The van der Waals surface area contributed by atoms with Crippen LogP contribution in [0, 0.1) is 20.8 Å². The van der Waals surface area contributed by atoms with Crippen molar-refractivity contribution in [3.05, 3.63) is 161 Å². The Kier molecular flexibility index (Phi) is 6.40. The van der Waals surface area contributed by atoms with Gasteiger partial charge in [0.15, 0.2) is 0 Å². The lowest BCUT2D eigenvalue weighted by Crippen LogP contribution is -2.04. The molecule has 0 aromatic heterocycles. The zero-order valence-electron chi connectivity index (χ0n) is 27.2. The van der Waals surface area contributed by atoms with Gasteiger partial charge in [-0.15, -0.1) is 0 Å². The summed E-state index contributed by atoms with van der Waals surface area (Å²) in [6.07, 6.45) is 6.90. The topological polar surface area (TPSA) is 0 Å². The largest absolute Gasteiger partial charge is 0.0836 e. The molecule has 224 valence electrons. The molecule has 8 aromatic carbocycles. The Morgan fingerprint density at radius 1 is 0.404 bits per heavy atom. The standard InChI is InChI=1S/C47H36/c1-29-45(42-26-14-18-32-15-4-7-19-35(32)42)30(2)47(44-28-34-17-6-9-21-37(34)39-23-11-13-25-41(39)44)31(3)46(29)43-27-33-16-5-8-20-36(33)38-22-10-12-24-40(38)43/h5-14,16-28H,4,15H2,1-3H3. The number of hydrogen-bond donors (Lipinski definition) is 0. The maximum absolute atomic E-state index is 2.44. The average Bonchev–Trinajstić information content (AvgIpc) is 3.12. The van der Waals surface area contributed by atoms with E-state index in [9.17, 15) is 0 Å². The van der Waals surface area contributed by atoms with Gasteiger partial charge < -0.3 is 0 Å². The zero-order chi connectivity index (χ0) is 31.6. The van der Waals surface area contributed by atoms with Gasteiger partial charge in [-0.05, 0) is 150 Å². The van der Waals surface area contributed by atoms with Crippen LogP contribution in [0.4, 0.5) is 0 Å². The van der Waals surface area contributed by atoms with Gasteiger partial charge in [0.2, 0.25) is 0 Å². The first-order valence-electron chi connectivity index (χ1n) is 16.8. The van der Waals surface area contributed by atoms with Crippen molar-refractivity contribution in [2.45, 2.75) is 33.6 Å². The van der Waals surface area contributed by atoms with Crippen molar-refractivity contribution >= 4 is 49.2 Å². The number of fused-ring (bicyclic) bond motifs is 7. The highest BCUT2D eigenvalue weighted by Gasteiger charge is 2.25. The number of aryl methyl sites for hydroxylation is 1. The van der Waals surface area contributed by atoms with E-state index in [4.69, 9.17) is 0 Å². The number of benzene rings is 8. The molecule has 0 heterocycles. The Morgan fingerprint density at radius 2 is 0.851 bits per heavy atom. The molecule has 0 bridgehead atoms. The summed E-state index contributed by atoms with van der Waals surface area (Å²) in [5.74, 6) is 0. The van der Waals surface area contributed by atoms with E-state index in [1.165, 1.54) is 104 Å². The molecule has 0 radical (unpaired) electrons. The maximum Gasteiger partial charge on any atom is -0.00932 e. The van der Waals surface area contributed by atoms with Crippen molar-refractivity contribution in [3.63, 3.8) is 0 Å². The van der Waals surface area contributed by atoms with Crippen LogP contribution in [0.2, 0.25) is 0 Å². The van der Waals surface area contributed by atoms with Crippen molar-refractivity contribution < 1.29 is 0 Å². The second-order valence-electron chi connectivity index (χ2n) is 13.2. The van der Waals surface area contributed by atoms with Crippen LogP contribution < -0.4 is 0 Å². The summed E-state index contributed by atoms with van der Waals surface area (Å²) in [5.41, 5.74) is 14.9. The van der Waals surface area contributed by atoms with Gasteiger partial charge in [-0.2, -0.15) is 0 Å². The molecule has 0 N–H and O–H groups in total. The minimum atomic E-state index is 1.09. The zero-order valence-corrected chi connectivity index (χ0v) is 27.2. The predicted molar refractivity (Wildman–Crippen MR) is 204 cm³/mol. The summed E-state index contributed by atoms with van der Waals surface area (Å²) in [6, 6.07) is 47.4. The lowest BCUT2D eigenvalue weighted by Gasteiger charge is -2.27. The fourth-order valence-corrected chi connectivity index (χ4v) is 8.64. The van der Waals surface area contributed by atoms with Crippen molar-refractivity contribution in [2.75, 3.05) is 0 Å². The second kappa shape index (κ2) is 10.8. The van der Waals surface area contributed by atoms with Crippen molar-refractivity contribution in [3.8, 4) is 33.4 Å². The molecule has 47 heavy (non-hydrogen) atoms. The van der Waals surface area contributed by atoms with Gasteiger partial charge in [0.25, 0.3) is 0 Å². The minimum absolute atomic E-state index is 1.09. The number of allylic oxidation sites excluding steroid dienone is 1. The molecule has 0 unspecified atom stereocenters. The predicted octanol–water partition coefficient (Wildman–Crippen LogP) is 13.2. The Labute approximate surface area is 276 Å². The van der Waals surface area contributed by atoms with E-state index in [1.54, 1.807) is 0 Å². The fourth-order valence-electron chi connectivity index (χ4n) is 8.64. The molecule has 0 aliphatic heterocycles. The maximum atomic E-state index is 2.44. The third-order valence-electron chi connectivity index (χ3n) is 10.7. The van der Waals surface area contributed by atoms with Gasteiger partial charge in [0, 0.05) is 0 Å². The summed E-state index contributed by atoms with van der Waals surface area (Å²) in [4.78, 5) is 0. The first-order chi connectivity index (χ1) is 23.1. The molecule has 0 atom stereocenters. The monoisotopic (exact) mass is 600 g/mol. The molecule has 0 amide bonds. The van der Waals surface area contributed by atoms with Crippen LogP contribution >= 0.6 is 0 Å². The van der Waals surface area contributed by atoms with Crippen molar-refractivity contribution in [1.82, 2.24) is 0 Å². The van der Waals surface area contributed by atoms with Gasteiger partial charge >= 0.3 is 0 Å². The first-order valence-corrected chi connectivity index (χ1v) is 16.8. The van der Waals surface area contributed by atoms with Crippen LogP contribution in [0.3, 0.4) is 0 Å². The van der Waals surface area contributed by atoms with Crippen LogP contribution in [-0.4, -0.2) is 0 Å². The Balaban J connectivity index is 1.48. The van der Waals surface area contributed by atoms with Gasteiger partial charge in [-0.25, -0.2) is 0 Å². The lowest BCUT2D eigenvalue weighted by molar-refractivity contribution is 0.986. The number of hydrogen-bond acceptors (Lipinski definition) is 0. The van der Waals surface area contributed by atoms with Crippen LogP contribution in [0.5, 0.6) is 0 Å². The highest BCUT2D eigenvalue weighted by molar-refractivity contribution is 6.17. The molecular formula is C47H36. The number of rotatable bonds is 3. The van der Waals surface area contributed by atoms with Crippen LogP contribution in [0.15, 0.2) is 133 Å². The van der Waals surface area contributed by atoms with Gasteiger partial charge in [0.05, 0.1) is 0 Å². The van der Waals surface area contributed by atoms with Crippen LogP contribution in [0.25, 0.3) is 82.5 Å². The summed E-state index contributed by atoms with van der Waals surface area (Å²) in [7, 11) is 0. The molecule has 0 saturated heterocycles. The smallest absolute Gasteiger partial charge is 0.00932 e. The molecule has 1 aliphatic carbocycles. The SMILES string of the molecule is Cc1c(-c2cccc3c2C=CCC3)c(C)c(-c2cc3ccccc3c3ccccc23)c(C)c1-c1cc2ccccc2c2ccccc12. The van der Waals surface area contributed by atoms with E-state index in [1.807, 2.05) is 0 Å². The molecule has 0 heteroatoms. The molecule has 8 aromatic rings. The molecule has 0 spiro atoms. The van der Waals surface area contributed by atoms with E-state index < -0.39 is 0 Å². The molecule has 0 nitrogen and oxygen atoms in total. The third kappa shape index (κ3) is 4.21. The summed E-state index contributed by atoms with van der Waals surface area (Å²) >= 11 is 0. The van der Waals surface area contributed by atoms with Crippen LogP contribution in [0.1, 0.15) is 34.2 Å². The quantitative estimate of drug-likeness (QED) is 0.177. The first kappa shape index (κ1) is 27.8. The molecular weight excluding hydrogens is 565 g/mol. The third-order valence-corrected chi connectivity index (χ3v) is 10.7. The van der Waals surface area contributed by atoms with Crippen molar-refractivity contribution in [1.29, 1.82) is 0 Å².